The third kappa shape index (κ3) is 4.19. The quantitative estimate of drug-likeness (QED) is 0.196. The molecule has 4 heteroatoms. The lowest BCUT2D eigenvalue weighted by Gasteiger charge is -2.11. The third-order valence-corrected chi connectivity index (χ3v) is 8.64. The maximum atomic E-state index is 5.34. The minimum atomic E-state index is 0.916. The van der Waals surface area contributed by atoms with Crippen molar-refractivity contribution in [1.82, 2.24) is 19.7 Å². The van der Waals surface area contributed by atoms with Crippen LogP contribution in [0.1, 0.15) is 0 Å². The Kier molecular flexibility index (Phi) is 5.78. The van der Waals surface area contributed by atoms with Gasteiger partial charge >= 0.3 is 0 Å². The lowest BCUT2D eigenvalue weighted by Crippen LogP contribution is -1.97. The van der Waals surface area contributed by atoms with E-state index >= 15 is 0 Å². The van der Waals surface area contributed by atoms with E-state index in [1.807, 2.05) is 12.3 Å². The highest BCUT2D eigenvalue weighted by atomic mass is 15.3. The molecule has 0 spiro atoms. The van der Waals surface area contributed by atoms with E-state index in [1.54, 1.807) is 0 Å². The van der Waals surface area contributed by atoms with Crippen LogP contribution in [-0.4, -0.2) is 19.7 Å². The van der Waals surface area contributed by atoms with E-state index in [0.717, 1.165) is 60.9 Å². The zero-order chi connectivity index (χ0) is 29.7. The van der Waals surface area contributed by atoms with Crippen molar-refractivity contribution < 1.29 is 0 Å². The molecule has 3 heterocycles. The zero-order valence-corrected chi connectivity index (χ0v) is 24.3. The maximum Gasteiger partial charge on any atom is 0.101 e. The number of hydrogen-bond acceptors (Lipinski definition) is 3. The number of pyridine rings is 2. The molecule has 9 rings (SSSR count). The molecule has 0 fully saturated rings. The summed E-state index contributed by atoms with van der Waals surface area (Å²) < 4.78 is 2.11. The summed E-state index contributed by atoms with van der Waals surface area (Å²) >= 11 is 0. The predicted molar refractivity (Wildman–Crippen MR) is 185 cm³/mol. The van der Waals surface area contributed by atoms with Crippen LogP contribution < -0.4 is 0 Å². The van der Waals surface area contributed by atoms with Crippen molar-refractivity contribution in [3.63, 3.8) is 0 Å². The van der Waals surface area contributed by atoms with E-state index < -0.39 is 0 Å². The van der Waals surface area contributed by atoms with Gasteiger partial charge in [0.15, 0.2) is 0 Å². The van der Waals surface area contributed by atoms with Gasteiger partial charge in [-0.3, -0.25) is 4.98 Å². The van der Waals surface area contributed by atoms with Crippen molar-refractivity contribution in [1.29, 1.82) is 0 Å². The van der Waals surface area contributed by atoms with Gasteiger partial charge in [0.2, 0.25) is 0 Å². The number of rotatable bonds is 4. The highest BCUT2D eigenvalue weighted by Gasteiger charge is 2.21. The summed E-state index contributed by atoms with van der Waals surface area (Å²) in [7, 11) is 0. The molecule has 0 unspecified atom stereocenters. The average molecular weight is 575 g/mol. The Balaban J connectivity index is 1.26. The van der Waals surface area contributed by atoms with Gasteiger partial charge in [-0.15, -0.1) is 0 Å². The van der Waals surface area contributed by atoms with Gasteiger partial charge in [-0.25, -0.2) is 9.67 Å². The molecule has 0 aliphatic heterocycles. The second-order valence-corrected chi connectivity index (χ2v) is 11.3. The van der Waals surface area contributed by atoms with E-state index in [9.17, 15) is 0 Å². The minimum absolute atomic E-state index is 0.916. The average Bonchev–Trinajstić information content (AvgIpc) is 3.53. The van der Waals surface area contributed by atoms with Gasteiger partial charge in [-0.2, -0.15) is 5.10 Å². The van der Waals surface area contributed by atoms with Crippen LogP contribution in [0, 0.1) is 0 Å². The molecule has 0 aliphatic rings. The van der Waals surface area contributed by atoms with Gasteiger partial charge in [-0.1, -0.05) is 121 Å². The summed E-state index contributed by atoms with van der Waals surface area (Å²) in [6, 6.07) is 53.1. The Morgan fingerprint density at radius 3 is 1.96 bits per heavy atom. The van der Waals surface area contributed by atoms with Crippen molar-refractivity contribution in [2.45, 2.75) is 0 Å². The zero-order valence-electron chi connectivity index (χ0n) is 24.3. The highest BCUT2D eigenvalue weighted by molar-refractivity contribution is 6.17. The number of nitrogens with zero attached hydrogens (tertiary/aromatic N) is 4. The summed E-state index contributed by atoms with van der Waals surface area (Å²) in [6.07, 6.45) is 1.83. The number of aromatic nitrogens is 4. The van der Waals surface area contributed by atoms with E-state index in [0.29, 0.717) is 0 Å². The smallest absolute Gasteiger partial charge is 0.101 e. The molecule has 45 heavy (non-hydrogen) atoms. The van der Waals surface area contributed by atoms with Crippen molar-refractivity contribution >= 4 is 43.5 Å². The van der Waals surface area contributed by atoms with Crippen LogP contribution in [0.15, 0.2) is 158 Å². The van der Waals surface area contributed by atoms with Gasteiger partial charge in [0.25, 0.3) is 0 Å². The third-order valence-electron chi connectivity index (χ3n) is 8.64. The molecule has 0 atom stereocenters. The largest absolute Gasteiger partial charge is 0.254 e. The van der Waals surface area contributed by atoms with E-state index in [4.69, 9.17) is 10.1 Å². The fourth-order valence-corrected chi connectivity index (χ4v) is 6.48. The first-order valence-corrected chi connectivity index (χ1v) is 15.1. The molecule has 0 N–H and O–H groups in total. The summed E-state index contributed by atoms with van der Waals surface area (Å²) in [5.41, 5.74) is 10.3. The van der Waals surface area contributed by atoms with E-state index in [-0.39, 0.29) is 0 Å². The van der Waals surface area contributed by atoms with Crippen LogP contribution in [0.3, 0.4) is 0 Å². The first kappa shape index (κ1) is 25.4. The van der Waals surface area contributed by atoms with Gasteiger partial charge in [0, 0.05) is 38.9 Å². The second kappa shape index (κ2) is 10.2. The van der Waals surface area contributed by atoms with Gasteiger partial charge in [0.05, 0.1) is 27.9 Å². The summed E-state index contributed by atoms with van der Waals surface area (Å²) in [5, 5.41) is 11.0. The molecule has 9 aromatic rings. The maximum absolute atomic E-state index is 5.34. The van der Waals surface area contributed by atoms with Crippen LogP contribution >= 0.6 is 0 Å². The number of fused-ring (bicyclic) bond motifs is 6. The van der Waals surface area contributed by atoms with E-state index in [2.05, 4.69) is 155 Å². The van der Waals surface area contributed by atoms with Crippen LogP contribution in [0.2, 0.25) is 0 Å². The monoisotopic (exact) mass is 574 g/mol. The SMILES string of the molecule is c1ccc(-c2cc3ccccc3c3c2c(-c2ccccc2)nn3-c2ccc(-c3ccc4ccc5cccnc5c4n3)cc2)cc1. The Morgan fingerprint density at radius 1 is 0.489 bits per heavy atom. The molecular formula is C41H26N4. The molecule has 0 radical (unpaired) electrons. The van der Waals surface area contributed by atoms with Crippen molar-refractivity contribution in [3.8, 4) is 39.3 Å². The Bertz CT molecular complexity index is 2520. The molecule has 0 amide bonds. The van der Waals surface area contributed by atoms with Crippen molar-refractivity contribution in [3.05, 3.63) is 158 Å². The van der Waals surface area contributed by atoms with Gasteiger partial charge in [-0.05, 0) is 46.8 Å². The lowest BCUT2D eigenvalue weighted by atomic mass is 9.94. The first-order valence-electron chi connectivity index (χ1n) is 15.1. The molecule has 3 aromatic heterocycles. The Labute approximate surface area is 259 Å². The van der Waals surface area contributed by atoms with Crippen LogP contribution in [-0.2, 0) is 0 Å². The topological polar surface area (TPSA) is 43.6 Å². The standard InChI is InChI=1S/C41H26N4/c1-3-10-27(11-4-1)35-26-32-14-7-8-16-34(32)41-37(35)38(29-12-5-2-6-13-29)44-45(41)33-22-19-28(20-23-33)36-24-21-31-18-17-30-15-9-25-42-39(30)40(31)43-36/h1-26H. The summed E-state index contributed by atoms with van der Waals surface area (Å²) in [6.45, 7) is 0. The molecule has 6 aromatic carbocycles. The molecule has 0 saturated carbocycles. The molecular weight excluding hydrogens is 548 g/mol. The fraction of sp³-hybridized carbons (Fsp3) is 0. The van der Waals surface area contributed by atoms with Crippen molar-refractivity contribution in [2.75, 3.05) is 0 Å². The Morgan fingerprint density at radius 2 is 1.16 bits per heavy atom. The molecule has 210 valence electrons. The van der Waals surface area contributed by atoms with Crippen molar-refractivity contribution in [2.24, 2.45) is 0 Å². The van der Waals surface area contributed by atoms with Crippen LogP contribution in [0.5, 0.6) is 0 Å². The molecule has 0 saturated heterocycles. The molecule has 4 nitrogen and oxygen atoms in total. The van der Waals surface area contributed by atoms with Gasteiger partial charge < -0.3 is 0 Å². The van der Waals surface area contributed by atoms with E-state index in [1.165, 1.54) is 21.9 Å². The van der Waals surface area contributed by atoms with Gasteiger partial charge in [0.1, 0.15) is 5.69 Å². The number of hydrogen-bond donors (Lipinski definition) is 0. The molecule has 0 bridgehead atoms. The minimum Gasteiger partial charge on any atom is -0.254 e. The Hall–Kier alpha value is -6.13. The second-order valence-electron chi connectivity index (χ2n) is 11.3. The lowest BCUT2D eigenvalue weighted by molar-refractivity contribution is 0.918. The summed E-state index contributed by atoms with van der Waals surface area (Å²) in [4.78, 5) is 9.70. The first-order chi connectivity index (χ1) is 22.3. The normalized spacial score (nSPS) is 11.6. The molecule has 0 aliphatic carbocycles. The number of benzene rings is 6. The van der Waals surface area contributed by atoms with Crippen LogP contribution in [0.4, 0.5) is 0 Å². The van der Waals surface area contributed by atoms with Crippen LogP contribution in [0.25, 0.3) is 82.8 Å². The highest BCUT2D eigenvalue weighted by Crippen LogP contribution is 2.41. The summed E-state index contributed by atoms with van der Waals surface area (Å²) in [5.74, 6) is 0. The fourth-order valence-electron chi connectivity index (χ4n) is 6.48. The predicted octanol–water partition coefficient (Wildman–Crippen LogP) is 10.3.